The number of esters is 1. The monoisotopic (exact) mass is 434 g/mol. The van der Waals surface area contributed by atoms with Gasteiger partial charge in [-0.05, 0) is 42.5 Å². The van der Waals surface area contributed by atoms with Gasteiger partial charge in [-0.25, -0.2) is 0 Å². The fraction of sp³-hybridized carbons (Fsp3) is 0.125. The van der Waals surface area contributed by atoms with Gasteiger partial charge < -0.3 is 24.8 Å². The molecule has 0 aromatic heterocycles. The van der Waals surface area contributed by atoms with Gasteiger partial charge in [-0.2, -0.15) is 0 Å². The van der Waals surface area contributed by atoms with Gasteiger partial charge in [0.15, 0.2) is 6.61 Å². The van der Waals surface area contributed by atoms with Crippen LogP contribution in [0.15, 0.2) is 78.9 Å². The normalized spacial score (nSPS) is 10.0. The third kappa shape index (κ3) is 6.88. The van der Waals surface area contributed by atoms with Crippen molar-refractivity contribution < 1.29 is 28.6 Å². The fourth-order valence-corrected chi connectivity index (χ4v) is 2.67. The summed E-state index contributed by atoms with van der Waals surface area (Å²) in [5, 5.41) is 5.07. The van der Waals surface area contributed by atoms with Gasteiger partial charge in [0.05, 0.1) is 7.11 Å². The molecule has 2 amide bonds. The van der Waals surface area contributed by atoms with Crippen molar-refractivity contribution in [2.45, 2.75) is 0 Å². The van der Waals surface area contributed by atoms with Crippen LogP contribution in [-0.2, 0) is 14.3 Å². The molecule has 3 rings (SSSR count). The van der Waals surface area contributed by atoms with Gasteiger partial charge >= 0.3 is 5.97 Å². The molecule has 0 atom stereocenters. The van der Waals surface area contributed by atoms with Crippen LogP contribution in [0.2, 0.25) is 0 Å². The van der Waals surface area contributed by atoms with Crippen LogP contribution in [0.25, 0.3) is 0 Å². The van der Waals surface area contributed by atoms with Crippen LogP contribution >= 0.6 is 0 Å². The summed E-state index contributed by atoms with van der Waals surface area (Å²) < 4.78 is 15.7. The van der Waals surface area contributed by atoms with Crippen molar-refractivity contribution in [2.75, 3.05) is 25.6 Å². The van der Waals surface area contributed by atoms with Crippen molar-refractivity contribution in [3.63, 3.8) is 0 Å². The Morgan fingerprint density at radius 2 is 1.53 bits per heavy atom. The number of hydrogen-bond acceptors (Lipinski definition) is 6. The number of rotatable bonds is 9. The molecular weight excluding hydrogens is 412 g/mol. The van der Waals surface area contributed by atoms with Crippen molar-refractivity contribution in [3.8, 4) is 17.2 Å². The molecule has 0 fully saturated rings. The van der Waals surface area contributed by atoms with Crippen LogP contribution in [0.5, 0.6) is 17.2 Å². The highest BCUT2D eigenvalue weighted by Gasteiger charge is 2.12. The van der Waals surface area contributed by atoms with Crippen LogP contribution in [-0.4, -0.2) is 38.0 Å². The number of ether oxygens (including phenoxy) is 3. The summed E-state index contributed by atoms with van der Waals surface area (Å²) in [7, 11) is 1.49. The molecule has 3 aromatic carbocycles. The molecule has 0 radical (unpaired) electrons. The maximum atomic E-state index is 12.1. The summed E-state index contributed by atoms with van der Waals surface area (Å²) in [6, 6.07) is 22.6. The molecule has 0 unspecified atom stereocenters. The smallest absolute Gasteiger partial charge is 0.325 e. The predicted molar refractivity (Wildman–Crippen MR) is 118 cm³/mol. The Morgan fingerprint density at radius 1 is 0.812 bits per heavy atom. The molecule has 8 nitrogen and oxygen atoms in total. The van der Waals surface area contributed by atoms with E-state index in [4.69, 9.17) is 14.2 Å². The highest BCUT2D eigenvalue weighted by molar-refractivity contribution is 5.97. The Balaban J connectivity index is 1.43. The summed E-state index contributed by atoms with van der Waals surface area (Å²) in [6.07, 6.45) is 0. The molecule has 0 heterocycles. The van der Waals surface area contributed by atoms with Gasteiger partial charge in [0.25, 0.3) is 11.8 Å². The second-order valence-electron chi connectivity index (χ2n) is 6.57. The number of methoxy groups -OCH3 is 1. The van der Waals surface area contributed by atoms with Gasteiger partial charge in [-0.3, -0.25) is 14.4 Å². The van der Waals surface area contributed by atoms with Crippen molar-refractivity contribution in [3.05, 3.63) is 84.4 Å². The van der Waals surface area contributed by atoms with Crippen LogP contribution < -0.4 is 20.1 Å². The van der Waals surface area contributed by atoms with Crippen LogP contribution in [0.1, 0.15) is 10.4 Å². The molecule has 164 valence electrons. The zero-order chi connectivity index (χ0) is 22.8. The Labute approximate surface area is 185 Å². The minimum absolute atomic E-state index is 0.340. The van der Waals surface area contributed by atoms with Gasteiger partial charge in [-0.1, -0.05) is 30.3 Å². The van der Waals surface area contributed by atoms with E-state index in [1.807, 2.05) is 30.3 Å². The standard InChI is InChI=1S/C24H22N2O6/c1-30-20-11-5-7-17(13-20)24(29)25-15-23(28)31-16-22(27)26-18-8-6-12-21(14-18)32-19-9-3-2-4-10-19/h2-14H,15-16H2,1H3,(H,25,29)(H,26,27). The summed E-state index contributed by atoms with van der Waals surface area (Å²) in [5.74, 6) is 0.0229. The molecular formula is C24H22N2O6. The number of benzene rings is 3. The molecule has 0 aliphatic rings. The number of carbonyl (C=O) groups excluding carboxylic acids is 3. The van der Waals surface area contributed by atoms with Gasteiger partial charge in [0.1, 0.15) is 23.8 Å². The molecule has 8 heteroatoms. The Bertz CT molecular complexity index is 1080. The van der Waals surface area contributed by atoms with E-state index in [2.05, 4.69) is 10.6 Å². The fourth-order valence-electron chi connectivity index (χ4n) is 2.67. The molecule has 0 spiro atoms. The average molecular weight is 434 g/mol. The highest BCUT2D eigenvalue weighted by Crippen LogP contribution is 2.23. The van der Waals surface area contributed by atoms with E-state index in [0.717, 1.165) is 0 Å². The molecule has 32 heavy (non-hydrogen) atoms. The lowest BCUT2D eigenvalue weighted by molar-refractivity contribution is -0.146. The second kappa shape index (κ2) is 11.2. The molecule has 0 saturated heterocycles. The minimum Gasteiger partial charge on any atom is -0.497 e. The maximum absolute atomic E-state index is 12.1. The molecule has 2 N–H and O–H groups in total. The van der Waals surface area contributed by atoms with Gasteiger partial charge in [-0.15, -0.1) is 0 Å². The molecule has 3 aromatic rings. The van der Waals surface area contributed by atoms with Crippen LogP contribution in [0.3, 0.4) is 0 Å². The lowest BCUT2D eigenvalue weighted by Crippen LogP contribution is -2.32. The zero-order valence-corrected chi connectivity index (χ0v) is 17.4. The molecule has 0 bridgehead atoms. The van der Waals surface area contributed by atoms with Gasteiger partial charge in [0, 0.05) is 17.3 Å². The van der Waals surface area contributed by atoms with Crippen LogP contribution in [0.4, 0.5) is 5.69 Å². The van der Waals surface area contributed by atoms with Crippen molar-refractivity contribution in [1.82, 2.24) is 5.32 Å². The van der Waals surface area contributed by atoms with E-state index in [0.29, 0.717) is 28.5 Å². The minimum atomic E-state index is -0.738. The first-order valence-corrected chi connectivity index (χ1v) is 9.74. The number of hydrogen-bond donors (Lipinski definition) is 2. The second-order valence-corrected chi connectivity index (χ2v) is 6.57. The first-order chi connectivity index (χ1) is 15.5. The van der Waals surface area contributed by atoms with Crippen molar-refractivity contribution in [1.29, 1.82) is 0 Å². The quantitative estimate of drug-likeness (QED) is 0.501. The first kappa shape index (κ1) is 22.4. The van der Waals surface area contributed by atoms with E-state index in [9.17, 15) is 14.4 Å². The first-order valence-electron chi connectivity index (χ1n) is 9.74. The molecule has 0 saturated carbocycles. The predicted octanol–water partition coefficient (Wildman–Crippen LogP) is 3.40. The lowest BCUT2D eigenvalue weighted by atomic mass is 10.2. The van der Waals surface area contributed by atoms with E-state index in [1.165, 1.54) is 7.11 Å². The van der Waals surface area contributed by atoms with Gasteiger partial charge in [0.2, 0.25) is 0 Å². The summed E-state index contributed by atoms with van der Waals surface area (Å²) >= 11 is 0. The summed E-state index contributed by atoms with van der Waals surface area (Å²) in [6.45, 7) is -0.860. The third-order valence-electron chi connectivity index (χ3n) is 4.19. The topological polar surface area (TPSA) is 103 Å². The number of anilines is 1. The number of carbonyl (C=O) groups is 3. The zero-order valence-electron chi connectivity index (χ0n) is 17.4. The van der Waals surface area contributed by atoms with E-state index in [-0.39, 0.29) is 6.54 Å². The third-order valence-corrected chi connectivity index (χ3v) is 4.19. The van der Waals surface area contributed by atoms with E-state index >= 15 is 0 Å². The summed E-state index contributed by atoms with van der Waals surface area (Å²) in [5.41, 5.74) is 0.832. The lowest BCUT2D eigenvalue weighted by Gasteiger charge is -2.10. The SMILES string of the molecule is COc1cccc(C(=O)NCC(=O)OCC(=O)Nc2cccc(Oc3ccccc3)c2)c1. The number of nitrogens with one attached hydrogen (secondary N) is 2. The van der Waals surface area contributed by atoms with E-state index in [1.54, 1.807) is 48.5 Å². The maximum Gasteiger partial charge on any atom is 0.325 e. The number of para-hydroxylation sites is 1. The Kier molecular flexibility index (Phi) is 7.80. The van der Waals surface area contributed by atoms with Crippen molar-refractivity contribution >= 4 is 23.5 Å². The van der Waals surface area contributed by atoms with Crippen molar-refractivity contribution in [2.24, 2.45) is 0 Å². The summed E-state index contributed by atoms with van der Waals surface area (Å²) in [4.78, 5) is 36.0. The largest absolute Gasteiger partial charge is 0.497 e. The van der Waals surface area contributed by atoms with E-state index < -0.39 is 24.4 Å². The highest BCUT2D eigenvalue weighted by atomic mass is 16.5. The molecule has 0 aliphatic heterocycles. The number of amides is 2. The Morgan fingerprint density at radius 3 is 2.31 bits per heavy atom. The van der Waals surface area contributed by atoms with Crippen LogP contribution in [0, 0.1) is 0 Å². The Hall–Kier alpha value is -4.33. The molecule has 0 aliphatic carbocycles. The average Bonchev–Trinajstić information content (AvgIpc) is 2.82.